The van der Waals surface area contributed by atoms with Gasteiger partial charge in [-0.15, -0.1) is 0 Å². The molecule has 1 fully saturated rings. The molecule has 2 aromatic rings. The second-order valence-electron chi connectivity index (χ2n) is 5.37. The SMILES string of the molecule is Cc1c(NC(=O)c2ccc(NC3CC3)nc2)n[nH]c1C(F)(F)F. The minimum absolute atomic E-state index is 0.150. The normalized spacial score (nSPS) is 14.6. The Bertz CT molecular complexity index is 719. The summed E-state index contributed by atoms with van der Waals surface area (Å²) < 4.78 is 38.0. The highest BCUT2D eigenvalue weighted by molar-refractivity contribution is 6.04. The van der Waals surface area contributed by atoms with Crippen LogP contribution in [-0.2, 0) is 6.18 Å². The van der Waals surface area contributed by atoms with Gasteiger partial charge in [-0.1, -0.05) is 0 Å². The number of nitrogens with one attached hydrogen (secondary N) is 3. The van der Waals surface area contributed by atoms with Crippen LogP contribution in [-0.4, -0.2) is 27.1 Å². The minimum atomic E-state index is -4.54. The molecule has 6 nitrogen and oxygen atoms in total. The molecule has 0 saturated heterocycles. The molecule has 2 heterocycles. The van der Waals surface area contributed by atoms with Crippen LogP contribution in [0.4, 0.5) is 24.8 Å². The number of nitrogens with zero attached hydrogens (tertiary/aromatic N) is 2. The summed E-state index contributed by atoms with van der Waals surface area (Å²) in [6.07, 6.45) is -0.974. The smallest absolute Gasteiger partial charge is 0.367 e. The summed E-state index contributed by atoms with van der Waals surface area (Å²) in [5, 5.41) is 10.9. The Morgan fingerprint density at radius 3 is 2.61 bits per heavy atom. The summed E-state index contributed by atoms with van der Waals surface area (Å²) in [7, 11) is 0. The number of rotatable bonds is 4. The van der Waals surface area contributed by atoms with Crippen molar-refractivity contribution in [1.29, 1.82) is 0 Å². The fourth-order valence-corrected chi connectivity index (χ4v) is 2.03. The molecule has 0 radical (unpaired) electrons. The lowest BCUT2D eigenvalue weighted by Gasteiger charge is -2.06. The molecule has 0 aromatic carbocycles. The fourth-order valence-electron chi connectivity index (χ4n) is 2.03. The molecule has 122 valence electrons. The molecule has 1 aliphatic carbocycles. The topological polar surface area (TPSA) is 82.7 Å². The van der Waals surface area contributed by atoms with Crippen LogP contribution >= 0.6 is 0 Å². The molecule has 0 spiro atoms. The second kappa shape index (κ2) is 5.56. The third kappa shape index (κ3) is 3.43. The van der Waals surface area contributed by atoms with Crippen LogP contribution in [0.1, 0.15) is 34.5 Å². The van der Waals surface area contributed by atoms with Crippen molar-refractivity contribution in [3.8, 4) is 0 Å². The van der Waals surface area contributed by atoms with Gasteiger partial charge in [-0.2, -0.15) is 18.3 Å². The maximum Gasteiger partial charge on any atom is 0.433 e. The van der Waals surface area contributed by atoms with Gasteiger partial charge in [0.2, 0.25) is 0 Å². The van der Waals surface area contributed by atoms with E-state index in [1.807, 2.05) is 5.10 Å². The molecule has 1 aliphatic rings. The van der Waals surface area contributed by atoms with Crippen molar-refractivity contribution in [1.82, 2.24) is 15.2 Å². The second-order valence-corrected chi connectivity index (χ2v) is 5.37. The third-order valence-corrected chi connectivity index (χ3v) is 3.48. The molecule has 9 heteroatoms. The van der Waals surface area contributed by atoms with Gasteiger partial charge >= 0.3 is 6.18 Å². The average molecular weight is 325 g/mol. The van der Waals surface area contributed by atoms with Crippen molar-refractivity contribution in [2.24, 2.45) is 0 Å². The number of carbonyl (C=O) groups is 1. The lowest BCUT2D eigenvalue weighted by Crippen LogP contribution is -2.14. The summed E-state index contributed by atoms with van der Waals surface area (Å²) in [6.45, 7) is 1.24. The first-order valence-corrected chi connectivity index (χ1v) is 7.00. The van der Waals surface area contributed by atoms with Gasteiger partial charge in [-0.05, 0) is 31.9 Å². The molecule has 0 atom stereocenters. The maximum atomic E-state index is 12.7. The van der Waals surface area contributed by atoms with Gasteiger partial charge in [-0.3, -0.25) is 9.89 Å². The average Bonchev–Trinajstić information content (AvgIpc) is 3.22. The highest BCUT2D eigenvalue weighted by atomic mass is 19.4. The van der Waals surface area contributed by atoms with Crippen molar-refractivity contribution in [3.63, 3.8) is 0 Å². The Hall–Kier alpha value is -2.58. The van der Waals surface area contributed by atoms with Crippen molar-refractivity contribution in [2.45, 2.75) is 32.0 Å². The zero-order valence-electron chi connectivity index (χ0n) is 12.2. The predicted molar refractivity (Wildman–Crippen MR) is 77.2 cm³/mol. The summed E-state index contributed by atoms with van der Waals surface area (Å²) in [5.41, 5.74) is -0.900. The first kappa shape index (κ1) is 15.3. The lowest BCUT2D eigenvalue weighted by molar-refractivity contribution is -0.141. The first-order chi connectivity index (χ1) is 10.8. The quantitative estimate of drug-likeness (QED) is 0.807. The Kier molecular flexibility index (Phi) is 3.70. The number of pyridine rings is 1. The third-order valence-electron chi connectivity index (χ3n) is 3.48. The van der Waals surface area contributed by atoms with Crippen LogP contribution < -0.4 is 10.6 Å². The Morgan fingerprint density at radius 1 is 1.35 bits per heavy atom. The van der Waals surface area contributed by atoms with Gasteiger partial charge in [0.1, 0.15) is 11.5 Å². The van der Waals surface area contributed by atoms with E-state index in [1.54, 1.807) is 12.1 Å². The fraction of sp³-hybridized carbons (Fsp3) is 0.357. The van der Waals surface area contributed by atoms with Crippen molar-refractivity contribution in [2.75, 3.05) is 10.6 Å². The number of carbonyl (C=O) groups excluding carboxylic acids is 1. The summed E-state index contributed by atoms with van der Waals surface area (Å²) in [4.78, 5) is 16.2. The van der Waals surface area contributed by atoms with E-state index in [-0.39, 0.29) is 16.9 Å². The molecule has 1 saturated carbocycles. The van der Waals surface area contributed by atoms with Gasteiger partial charge < -0.3 is 10.6 Å². The molecule has 0 bridgehead atoms. The Morgan fingerprint density at radius 2 is 2.09 bits per heavy atom. The molecule has 0 unspecified atom stereocenters. The molecule has 0 aliphatic heterocycles. The number of amides is 1. The minimum Gasteiger partial charge on any atom is -0.367 e. The van der Waals surface area contributed by atoms with E-state index in [2.05, 4.69) is 20.7 Å². The zero-order valence-corrected chi connectivity index (χ0v) is 12.2. The number of H-pyrrole nitrogens is 1. The number of hydrogen-bond donors (Lipinski definition) is 3. The van der Waals surface area contributed by atoms with E-state index in [9.17, 15) is 18.0 Å². The van der Waals surface area contributed by atoms with Crippen LogP contribution in [0.15, 0.2) is 18.3 Å². The van der Waals surface area contributed by atoms with Crippen molar-refractivity contribution in [3.05, 3.63) is 35.2 Å². The lowest BCUT2D eigenvalue weighted by atomic mass is 10.2. The Balaban J connectivity index is 1.70. The molecular weight excluding hydrogens is 311 g/mol. The number of alkyl halides is 3. The van der Waals surface area contributed by atoms with E-state index in [4.69, 9.17) is 0 Å². The van der Waals surface area contributed by atoms with Crippen LogP contribution in [0, 0.1) is 6.92 Å². The van der Waals surface area contributed by atoms with Crippen LogP contribution in [0.5, 0.6) is 0 Å². The number of aromatic nitrogens is 3. The Labute approximate surface area is 129 Å². The van der Waals surface area contributed by atoms with Gasteiger partial charge in [-0.25, -0.2) is 4.98 Å². The largest absolute Gasteiger partial charge is 0.433 e. The van der Waals surface area contributed by atoms with E-state index < -0.39 is 17.8 Å². The summed E-state index contributed by atoms with van der Waals surface area (Å²) in [5.74, 6) is -0.0549. The summed E-state index contributed by atoms with van der Waals surface area (Å²) in [6, 6.07) is 3.65. The van der Waals surface area contributed by atoms with Crippen LogP contribution in [0.3, 0.4) is 0 Å². The van der Waals surface area contributed by atoms with Gasteiger partial charge in [0.25, 0.3) is 5.91 Å². The van der Waals surface area contributed by atoms with E-state index >= 15 is 0 Å². The monoisotopic (exact) mass is 325 g/mol. The van der Waals surface area contributed by atoms with Crippen molar-refractivity contribution < 1.29 is 18.0 Å². The van der Waals surface area contributed by atoms with E-state index in [0.29, 0.717) is 11.9 Å². The van der Waals surface area contributed by atoms with Crippen molar-refractivity contribution >= 4 is 17.5 Å². The molecule has 23 heavy (non-hydrogen) atoms. The predicted octanol–water partition coefficient (Wildman–Crippen LogP) is 2.96. The zero-order chi connectivity index (χ0) is 16.6. The van der Waals surface area contributed by atoms with E-state index in [0.717, 1.165) is 12.8 Å². The van der Waals surface area contributed by atoms with Gasteiger partial charge in [0, 0.05) is 17.8 Å². The molecular formula is C14H14F3N5O. The summed E-state index contributed by atoms with van der Waals surface area (Å²) >= 11 is 0. The molecule has 3 N–H and O–H groups in total. The molecule has 3 rings (SSSR count). The number of halogens is 3. The number of hydrogen-bond acceptors (Lipinski definition) is 4. The number of anilines is 2. The molecule has 2 aromatic heterocycles. The maximum absolute atomic E-state index is 12.7. The highest BCUT2D eigenvalue weighted by Gasteiger charge is 2.36. The van der Waals surface area contributed by atoms with Crippen LogP contribution in [0.2, 0.25) is 0 Å². The van der Waals surface area contributed by atoms with Gasteiger partial charge in [0.15, 0.2) is 5.82 Å². The highest BCUT2D eigenvalue weighted by Crippen LogP contribution is 2.32. The van der Waals surface area contributed by atoms with Crippen LogP contribution in [0.25, 0.3) is 0 Å². The van der Waals surface area contributed by atoms with E-state index in [1.165, 1.54) is 13.1 Å². The van der Waals surface area contributed by atoms with Gasteiger partial charge in [0.05, 0.1) is 5.56 Å². The first-order valence-electron chi connectivity index (χ1n) is 7.00. The molecule has 1 amide bonds. The standard InChI is InChI=1S/C14H14F3N5O/c1-7-11(14(15,16)17)21-22-12(7)20-13(23)8-2-5-10(18-6-8)19-9-3-4-9/h2,5-6,9H,3-4H2,1H3,(H,18,19)(H2,20,21,22,23). The number of aromatic amines is 1.